The minimum atomic E-state index is -0.447. The first kappa shape index (κ1) is 18.4. The fourth-order valence-corrected chi connectivity index (χ4v) is 5.07. The number of carbonyl (C=O) groups is 1. The van der Waals surface area contributed by atoms with Crippen molar-refractivity contribution < 1.29 is 9.53 Å². The van der Waals surface area contributed by atoms with Crippen molar-refractivity contribution in [2.75, 3.05) is 5.32 Å². The van der Waals surface area contributed by atoms with Crippen molar-refractivity contribution in [3.63, 3.8) is 0 Å². The van der Waals surface area contributed by atoms with Crippen molar-refractivity contribution in [1.82, 2.24) is 10.2 Å². The molecule has 6 heteroatoms. The average Bonchev–Trinajstić information content (AvgIpc) is 2.63. The Morgan fingerprint density at radius 2 is 1.80 bits per heavy atom. The summed E-state index contributed by atoms with van der Waals surface area (Å²) in [6.45, 7) is 10.3. The molecule has 2 aliphatic carbocycles. The van der Waals surface area contributed by atoms with Gasteiger partial charge < -0.3 is 10.1 Å². The number of carbonyl (C=O) groups excluding carboxylic acids is 1. The minimum absolute atomic E-state index is 0.0419. The first-order chi connectivity index (χ1) is 11.5. The van der Waals surface area contributed by atoms with Crippen molar-refractivity contribution in [1.29, 1.82) is 0 Å². The van der Waals surface area contributed by atoms with E-state index >= 15 is 0 Å². The van der Waals surface area contributed by atoms with Crippen molar-refractivity contribution in [3.8, 4) is 0 Å². The lowest BCUT2D eigenvalue weighted by Gasteiger charge is -2.47. The van der Waals surface area contributed by atoms with E-state index in [9.17, 15) is 4.79 Å². The maximum absolute atomic E-state index is 12.9. The summed E-state index contributed by atoms with van der Waals surface area (Å²) in [6.07, 6.45) is 3.96. The molecule has 2 bridgehead atoms. The molecule has 1 aromatic heterocycles. The Kier molecular flexibility index (Phi) is 4.51. The van der Waals surface area contributed by atoms with Crippen LogP contribution in [-0.4, -0.2) is 27.8 Å². The number of nitrogens with zero attached hydrogens (tertiary/aromatic N) is 2. The predicted octanol–water partition coefficient (Wildman–Crippen LogP) is 4.47. The lowest BCUT2D eigenvalue weighted by Crippen LogP contribution is -2.49. The number of ether oxygens (including phenoxy) is 1. The maximum atomic E-state index is 12.9. The zero-order valence-corrected chi connectivity index (χ0v) is 16.5. The molecule has 1 unspecified atom stereocenters. The van der Waals surface area contributed by atoms with E-state index in [4.69, 9.17) is 16.3 Å². The molecular formula is C19H28ClN3O2. The van der Waals surface area contributed by atoms with Gasteiger partial charge in [0.25, 0.3) is 0 Å². The monoisotopic (exact) mass is 365 g/mol. The Labute approximate surface area is 154 Å². The molecule has 2 saturated carbocycles. The van der Waals surface area contributed by atoms with Gasteiger partial charge in [-0.3, -0.25) is 4.79 Å². The number of hydrogen-bond donors (Lipinski definition) is 1. The maximum Gasteiger partial charge on any atom is 0.310 e. The topological polar surface area (TPSA) is 64.1 Å². The molecule has 2 aliphatic rings. The molecular weight excluding hydrogens is 338 g/mol. The summed E-state index contributed by atoms with van der Waals surface area (Å²) in [5, 5.41) is 11.9. The average molecular weight is 366 g/mol. The highest BCUT2D eigenvalue weighted by atomic mass is 35.5. The zero-order valence-electron chi connectivity index (χ0n) is 15.7. The van der Waals surface area contributed by atoms with Crippen LogP contribution < -0.4 is 5.32 Å². The molecule has 0 aliphatic heterocycles. The molecule has 0 radical (unpaired) electrons. The number of anilines is 1. The predicted molar refractivity (Wildman–Crippen MR) is 98.5 cm³/mol. The summed E-state index contributed by atoms with van der Waals surface area (Å²) in [4.78, 5) is 12.9. The molecule has 0 saturated heterocycles. The molecule has 5 nitrogen and oxygen atoms in total. The number of aromatic nitrogens is 2. The first-order valence-corrected chi connectivity index (χ1v) is 9.37. The molecule has 4 atom stereocenters. The number of nitrogens with one attached hydrogen (secondary N) is 1. The largest absolute Gasteiger partial charge is 0.460 e. The molecule has 0 amide bonds. The molecule has 0 spiro atoms. The Morgan fingerprint density at radius 1 is 1.20 bits per heavy atom. The van der Waals surface area contributed by atoms with Gasteiger partial charge in [0.2, 0.25) is 0 Å². The van der Waals surface area contributed by atoms with Crippen LogP contribution in [0.5, 0.6) is 0 Å². The lowest BCUT2D eigenvalue weighted by molar-refractivity contribution is -0.170. The fourth-order valence-electron chi connectivity index (χ4n) is 4.97. The Morgan fingerprint density at radius 3 is 2.28 bits per heavy atom. The number of hydrogen-bond acceptors (Lipinski definition) is 5. The van der Waals surface area contributed by atoms with Crippen LogP contribution >= 0.6 is 11.6 Å². The van der Waals surface area contributed by atoms with Crippen LogP contribution in [-0.2, 0) is 9.53 Å². The van der Waals surface area contributed by atoms with Crippen LogP contribution in [0.15, 0.2) is 12.1 Å². The van der Waals surface area contributed by atoms with Crippen LogP contribution in [0.25, 0.3) is 0 Å². The molecule has 0 aromatic carbocycles. The molecule has 1 N–H and O–H groups in total. The van der Waals surface area contributed by atoms with Crippen LogP contribution in [0, 0.1) is 16.7 Å². The summed E-state index contributed by atoms with van der Waals surface area (Å²) in [6, 6.07) is 3.86. The van der Waals surface area contributed by atoms with Crippen LogP contribution in [0.4, 0.5) is 5.82 Å². The van der Waals surface area contributed by atoms with Crippen molar-refractivity contribution in [2.45, 2.75) is 71.9 Å². The fraction of sp³-hybridized carbons (Fsp3) is 0.737. The highest BCUT2D eigenvalue weighted by Gasteiger charge is 2.61. The highest BCUT2D eigenvalue weighted by Crippen LogP contribution is 2.62. The van der Waals surface area contributed by atoms with Gasteiger partial charge in [0, 0.05) is 6.04 Å². The van der Waals surface area contributed by atoms with Crippen molar-refractivity contribution in [2.24, 2.45) is 16.7 Å². The second-order valence-corrected chi connectivity index (χ2v) is 9.65. The van der Waals surface area contributed by atoms with E-state index in [-0.39, 0.29) is 28.8 Å². The van der Waals surface area contributed by atoms with Gasteiger partial charge in [-0.1, -0.05) is 25.4 Å². The molecule has 1 heterocycles. The van der Waals surface area contributed by atoms with Gasteiger partial charge >= 0.3 is 5.97 Å². The van der Waals surface area contributed by atoms with E-state index in [1.165, 1.54) is 0 Å². The quantitative estimate of drug-likeness (QED) is 0.800. The number of halogens is 1. The van der Waals surface area contributed by atoms with Gasteiger partial charge in [-0.2, -0.15) is 0 Å². The van der Waals surface area contributed by atoms with Gasteiger partial charge in [0.1, 0.15) is 11.4 Å². The van der Waals surface area contributed by atoms with Gasteiger partial charge in [0.15, 0.2) is 5.15 Å². The van der Waals surface area contributed by atoms with Crippen LogP contribution in [0.1, 0.15) is 60.3 Å². The highest BCUT2D eigenvalue weighted by molar-refractivity contribution is 6.29. The third-order valence-electron chi connectivity index (χ3n) is 5.71. The second kappa shape index (κ2) is 6.11. The van der Waals surface area contributed by atoms with Crippen LogP contribution in [0.2, 0.25) is 5.15 Å². The third-order valence-corrected chi connectivity index (χ3v) is 5.91. The summed E-state index contributed by atoms with van der Waals surface area (Å²) in [5.74, 6) is 0.644. The smallest absolute Gasteiger partial charge is 0.310 e. The number of rotatable bonds is 3. The van der Waals surface area contributed by atoms with Crippen molar-refractivity contribution >= 4 is 23.4 Å². The minimum Gasteiger partial charge on any atom is -0.460 e. The Hall–Kier alpha value is -1.36. The summed E-state index contributed by atoms with van der Waals surface area (Å²) in [7, 11) is 0. The summed E-state index contributed by atoms with van der Waals surface area (Å²) in [5.41, 5.74) is -0.545. The van der Waals surface area contributed by atoms with Gasteiger partial charge in [-0.25, -0.2) is 0 Å². The Balaban J connectivity index is 1.77. The van der Waals surface area contributed by atoms with E-state index in [1.54, 1.807) is 6.07 Å². The summed E-state index contributed by atoms with van der Waals surface area (Å²) < 4.78 is 5.76. The van der Waals surface area contributed by atoms with Crippen LogP contribution in [0.3, 0.4) is 0 Å². The van der Waals surface area contributed by atoms with Gasteiger partial charge in [-0.15, -0.1) is 10.2 Å². The second-order valence-electron chi connectivity index (χ2n) is 9.27. The normalized spacial score (nSPS) is 34.6. The van der Waals surface area contributed by atoms with E-state index in [2.05, 4.69) is 29.4 Å². The van der Waals surface area contributed by atoms with E-state index in [0.29, 0.717) is 5.15 Å². The van der Waals surface area contributed by atoms with E-state index in [1.807, 2.05) is 26.8 Å². The molecule has 1 aromatic rings. The molecule has 2 fully saturated rings. The first-order valence-electron chi connectivity index (χ1n) is 8.99. The zero-order chi connectivity index (χ0) is 18.5. The summed E-state index contributed by atoms with van der Waals surface area (Å²) >= 11 is 5.81. The van der Waals surface area contributed by atoms with E-state index < -0.39 is 5.60 Å². The van der Waals surface area contributed by atoms with Crippen molar-refractivity contribution in [3.05, 3.63) is 17.3 Å². The third kappa shape index (κ3) is 3.76. The standard InChI is InChI=1S/C19H28ClN3O2/c1-17(2,3)25-16(24)15-18(4)8-9-19(15,5)11-12(10-18)21-14-7-6-13(20)22-23-14/h6-7,12,15H,8-11H2,1-5H3,(H,21,23)/t12-,15?,18-,19+. The van der Waals surface area contributed by atoms with Gasteiger partial charge in [-0.05, 0) is 69.4 Å². The number of fused-ring (bicyclic) bond motifs is 2. The molecule has 3 rings (SSSR count). The Bertz CT molecular complexity index is 638. The molecule has 138 valence electrons. The SMILES string of the molecule is CC(C)(C)OC(=O)C1[C@@]2(C)CC[C@]1(C)C[C@@H](Nc1ccc(Cl)nn1)C2. The van der Waals surface area contributed by atoms with Gasteiger partial charge in [0.05, 0.1) is 5.92 Å². The van der Waals surface area contributed by atoms with E-state index in [0.717, 1.165) is 31.5 Å². The lowest BCUT2D eigenvalue weighted by atomic mass is 9.60. The molecule has 25 heavy (non-hydrogen) atoms. The number of esters is 1.